The van der Waals surface area contributed by atoms with Crippen LogP contribution in [0.25, 0.3) is 5.82 Å². The summed E-state index contributed by atoms with van der Waals surface area (Å²) in [5, 5.41) is 5.83. The molecule has 2 aromatic rings. The first-order valence-corrected chi connectivity index (χ1v) is 6.18. The number of aromatic nitrogens is 3. The van der Waals surface area contributed by atoms with Gasteiger partial charge in [-0.3, -0.25) is 9.36 Å². The normalized spacial score (nSPS) is 10.4. The van der Waals surface area contributed by atoms with Crippen molar-refractivity contribution in [2.45, 2.75) is 13.8 Å². The van der Waals surface area contributed by atoms with Gasteiger partial charge in [0, 0.05) is 18.6 Å². The molecule has 0 aromatic carbocycles. The number of carbonyl (C=O) groups excluding carboxylic acids is 1. The second kappa shape index (κ2) is 6.10. The molecule has 6 heteroatoms. The molecule has 0 atom stereocenters. The van der Waals surface area contributed by atoms with Crippen LogP contribution in [0.1, 0.15) is 12.7 Å². The maximum Gasteiger partial charge on any atom is 0.238 e. The molecular formula is C13H17N5O. The van der Waals surface area contributed by atoms with E-state index in [1.165, 1.54) is 0 Å². The molecule has 0 aliphatic heterocycles. The van der Waals surface area contributed by atoms with E-state index in [4.69, 9.17) is 0 Å². The number of amides is 1. The van der Waals surface area contributed by atoms with Gasteiger partial charge in [-0.2, -0.15) is 0 Å². The monoisotopic (exact) mass is 259 g/mol. The number of rotatable bonds is 5. The van der Waals surface area contributed by atoms with Crippen LogP contribution in [0.2, 0.25) is 0 Å². The Balaban J connectivity index is 2.22. The second-order valence-electron chi connectivity index (χ2n) is 4.05. The minimum absolute atomic E-state index is 0.0890. The quantitative estimate of drug-likeness (QED) is 0.844. The SMILES string of the molecule is CCNCC(=O)Nc1cccnc1-n1ccnc1C. The molecule has 19 heavy (non-hydrogen) atoms. The summed E-state index contributed by atoms with van der Waals surface area (Å²) >= 11 is 0. The molecule has 0 radical (unpaired) electrons. The number of nitrogens with one attached hydrogen (secondary N) is 2. The Hall–Kier alpha value is -2.21. The summed E-state index contributed by atoms with van der Waals surface area (Å²) in [6.07, 6.45) is 5.21. The van der Waals surface area contributed by atoms with E-state index in [-0.39, 0.29) is 12.5 Å². The summed E-state index contributed by atoms with van der Waals surface area (Å²) < 4.78 is 1.84. The van der Waals surface area contributed by atoms with Gasteiger partial charge in [-0.15, -0.1) is 0 Å². The third-order valence-corrected chi connectivity index (χ3v) is 2.65. The van der Waals surface area contributed by atoms with Gasteiger partial charge in [-0.1, -0.05) is 6.92 Å². The van der Waals surface area contributed by atoms with Gasteiger partial charge in [0.05, 0.1) is 12.2 Å². The number of aryl methyl sites for hydroxylation is 1. The molecule has 2 heterocycles. The van der Waals surface area contributed by atoms with Crippen LogP contribution in [0.3, 0.4) is 0 Å². The summed E-state index contributed by atoms with van der Waals surface area (Å²) in [6.45, 7) is 4.89. The minimum Gasteiger partial charge on any atom is -0.322 e. The molecule has 0 unspecified atom stereocenters. The van der Waals surface area contributed by atoms with E-state index in [0.717, 1.165) is 12.4 Å². The Bertz CT molecular complexity index is 564. The van der Waals surface area contributed by atoms with Crippen molar-refractivity contribution in [2.75, 3.05) is 18.4 Å². The van der Waals surface area contributed by atoms with Crippen molar-refractivity contribution in [2.24, 2.45) is 0 Å². The Kier molecular flexibility index (Phi) is 4.25. The smallest absolute Gasteiger partial charge is 0.238 e. The third-order valence-electron chi connectivity index (χ3n) is 2.65. The zero-order valence-corrected chi connectivity index (χ0v) is 11.1. The maximum absolute atomic E-state index is 11.8. The van der Waals surface area contributed by atoms with Crippen molar-refractivity contribution in [3.05, 3.63) is 36.5 Å². The van der Waals surface area contributed by atoms with Gasteiger partial charge in [-0.25, -0.2) is 9.97 Å². The first-order chi connectivity index (χ1) is 9.22. The van der Waals surface area contributed by atoms with Gasteiger partial charge in [0.15, 0.2) is 5.82 Å². The number of hydrogen-bond acceptors (Lipinski definition) is 4. The molecule has 0 aliphatic carbocycles. The number of anilines is 1. The molecule has 1 amide bonds. The van der Waals surface area contributed by atoms with Crippen molar-refractivity contribution in [3.8, 4) is 5.82 Å². The largest absolute Gasteiger partial charge is 0.322 e. The molecule has 0 bridgehead atoms. The van der Waals surface area contributed by atoms with Crippen molar-refractivity contribution >= 4 is 11.6 Å². The van der Waals surface area contributed by atoms with Crippen molar-refractivity contribution in [1.82, 2.24) is 19.9 Å². The van der Waals surface area contributed by atoms with Crippen LogP contribution in [0, 0.1) is 6.92 Å². The number of likely N-dealkylation sites (N-methyl/N-ethyl adjacent to an activating group) is 1. The van der Waals surface area contributed by atoms with E-state index in [1.54, 1.807) is 18.5 Å². The van der Waals surface area contributed by atoms with Gasteiger partial charge >= 0.3 is 0 Å². The highest BCUT2D eigenvalue weighted by Gasteiger charge is 2.10. The van der Waals surface area contributed by atoms with Crippen LogP contribution in [-0.2, 0) is 4.79 Å². The second-order valence-corrected chi connectivity index (χ2v) is 4.05. The number of nitrogens with zero attached hydrogens (tertiary/aromatic N) is 3. The van der Waals surface area contributed by atoms with Crippen LogP contribution in [0.4, 0.5) is 5.69 Å². The van der Waals surface area contributed by atoms with E-state index >= 15 is 0 Å². The standard InChI is InChI=1S/C13H17N5O/c1-3-14-9-12(19)17-11-5-4-6-16-13(11)18-8-7-15-10(18)2/h4-8,14H,3,9H2,1-2H3,(H,17,19). The first-order valence-electron chi connectivity index (χ1n) is 6.18. The topological polar surface area (TPSA) is 71.8 Å². The average molecular weight is 259 g/mol. The van der Waals surface area contributed by atoms with Gasteiger partial charge in [0.25, 0.3) is 0 Å². The van der Waals surface area contributed by atoms with Crippen LogP contribution in [-0.4, -0.2) is 33.5 Å². The lowest BCUT2D eigenvalue weighted by atomic mass is 10.3. The fourth-order valence-electron chi connectivity index (χ4n) is 1.72. The molecule has 2 aromatic heterocycles. The van der Waals surface area contributed by atoms with Crippen LogP contribution >= 0.6 is 0 Å². The molecule has 6 nitrogen and oxygen atoms in total. The van der Waals surface area contributed by atoms with E-state index in [9.17, 15) is 4.79 Å². The van der Waals surface area contributed by atoms with Crippen LogP contribution in [0.15, 0.2) is 30.7 Å². The fraction of sp³-hybridized carbons (Fsp3) is 0.308. The van der Waals surface area contributed by atoms with Crippen molar-refractivity contribution < 1.29 is 4.79 Å². The minimum atomic E-state index is -0.0890. The summed E-state index contributed by atoms with van der Waals surface area (Å²) in [4.78, 5) is 20.2. The van der Waals surface area contributed by atoms with Crippen LogP contribution in [0.5, 0.6) is 0 Å². The Labute approximate surface area is 111 Å². The zero-order chi connectivity index (χ0) is 13.7. The molecule has 0 spiro atoms. The predicted molar refractivity (Wildman–Crippen MR) is 73.3 cm³/mol. The van der Waals surface area contributed by atoms with Gasteiger partial charge in [0.1, 0.15) is 5.82 Å². The fourth-order valence-corrected chi connectivity index (χ4v) is 1.72. The summed E-state index contributed by atoms with van der Waals surface area (Å²) in [5.74, 6) is 1.40. The average Bonchev–Trinajstić information content (AvgIpc) is 2.83. The van der Waals surface area contributed by atoms with Gasteiger partial charge in [0.2, 0.25) is 5.91 Å². The highest BCUT2D eigenvalue weighted by Crippen LogP contribution is 2.18. The summed E-state index contributed by atoms with van der Waals surface area (Å²) in [5.41, 5.74) is 0.673. The molecule has 2 rings (SSSR count). The van der Waals surface area contributed by atoms with Crippen molar-refractivity contribution in [3.63, 3.8) is 0 Å². The molecule has 0 aliphatic rings. The molecule has 0 saturated heterocycles. The van der Waals surface area contributed by atoms with Crippen molar-refractivity contribution in [1.29, 1.82) is 0 Å². The molecule has 0 saturated carbocycles. The number of hydrogen-bond donors (Lipinski definition) is 2. The number of pyridine rings is 1. The molecular weight excluding hydrogens is 242 g/mol. The van der Waals surface area contributed by atoms with Crippen LogP contribution < -0.4 is 10.6 Å². The lowest BCUT2D eigenvalue weighted by molar-refractivity contribution is -0.115. The lowest BCUT2D eigenvalue weighted by Gasteiger charge is -2.11. The van der Waals surface area contributed by atoms with Gasteiger partial charge < -0.3 is 10.6 Å². The highest BCUT2D eigenvalue weighted by molar-refractivity contribution is 5.93. The molecule has 100 valence electrons. The van der Waals surface area contributed by atoms with E-state index < -0.39 is 0 Å². The highest BCUT2D eigenvalue weighted by atomic mass is 16.1. The Morgan fingerprint density at radius 2 is 2.21 bits per heavy atom. The zero-order valence-electron chi connectivity index (χ0n) is 11.1. The predicted octanol–water partition coefficient (Wildman–Crippen LogP) is 1.12. The molecule has 0 fully saturated rings. The Morgan fingerprint density at radius 3 is 2.89 bits per heavy atom. The third kappa shape index (κ3) is 3.17. The molecule has 2 N–H and O–H groups in total. The van der Waals surface area contributed by atoms with E-state index in [2.05, 4.69) is 20.6 Å². The first kappa shape index (κ1) is 13.2. The van der Waals surface area contributed by atoms with Gasteiger partial charge in [-0.05, 0) is 25.6 Å². The summed E-state index contributed by atoms with van der Waals surface area (Å²) in [6, 6.07) is 3.62. The van der Waals surface area contributed by atoms with E-state index in [0.29, 0.717) is 11.5 Å². The van der Waals surface area contributed by atoms with E-state index in [1.807, 2.05) is 30.7 Å². The number of carbonyl (C=O) groups is 1. The maximum atomic E-state index is 11.8. The Morgan fingerprint density at radius 1 is 1.37 bits per heavy atom. The lowest BCUT2D eigenvalue weighted by Crippen LogP contribution is -2.28. The summed E-state index contributed by atoms with van der Waals surface area (Å²) in [7, 11) is 0. The number of imidazole rings is 1.